The van der Waals surface area contributed by atoms with Crippen molar-refractivity contribution >= 4 is 17.7 Å². The first-order chi connectivity index (χ1) is 12.0. The average Bonchev–Trinajstić information content (AvgIpc) is 3.09. The number of benzene rings is 1. The zero-order chi connectivity index (χ0) is 18.2. The van der Waals surface area contributed by atoms with E-state index in [4.69, 9.17) is 9.47 Å². The van der Waals surface area contributed by atoms with Crippen LogP contribution in [0.4, 0.5) is 10.5 Å². The highest BCUT2D eigenvalue weighted by atomic mass is 16.6. The van der Waals surface area contributed by atoms with E-state index in [1.807, 2.05) is 32.0 Å². The van der Waals surface area contributed by atoms with Gasteiger partial charge in [0.15, 0.2) is 0 Å². The van der Waals surface area contributed by atoms with E-state index in [9.17, 15) is 9.59 Å². The molecule has 1 aromatic heterocycles. The van der Waals surface area contributed by atoms with Crippen LogP contribution >= 0.6 is 0 Å². The minimum absolute atomic E-state index is 0.0909. The van der Waals surface area contributed by atoms with Crippen LogP contribution in [-0.2, 0) is 27.2 Å². The van der Waals surface area contributed by atoms with Crippen LogP contribution in [0.1, 0.15) is 25.0 Å². The Hall–Kier alpha value is -2.83. The van der Waals surface area contributed by atoms with Gasteiger partial charge in [0.25, 0.3) is 0 Å². The number of hydrogen-bond acceptors (Lipinski definition) is 5. The van der Waals surface area contributed by atoms with Crippen molar-refractivity contribution in [1.82, 2.24) is 9.78 Å². The van der Waals surface area contributed by atoms with Gasteiger partial charge >= 0.3 is 12.1 Å². The highest BCUT2D eigenvalue weighted by Gasteiger charge is 2.25. The largest absolute Gasteiger partial charge is 0.463 e. The normalized spacial score (nSPS) is 11.6. The minimum Gasteiger partial charge on any atom is -0.463 e. The first-order valence-electron chi connectivity index (χ1n) is 8.25. The molecule has 134 valence electrons. The van der Waals surface area contributed by atoms with Crippen LogP contribution in [0.25, 0.3) is 0 Å². The van der Waals surface area contributed by atoms with Gasteiger partial charge < -0.3 is 9.47 Å². The number of amides is 1. The molecule has 1 amide bonds. The topological polar surface area (TPSA) is 82.5 Å². The molecule has 7 heteroatoms. The molecule has 1 N–H and O–H groups in total. The average molecular weight is 345 g/mol. The maximum atomic E-state index is 12.3. The van der Waals surface area contributed by atoms with Crippen LogP contribution in [0.2, 0.25) is 0 Å². The Labute approximate surface area is 146 Å². The summed E-state index contributed by atoms with van der Waals surface area (Å²) in [5.74, 6) is -0.603. The van der Waals surface area contributed by atoms with Gasteiger partial charge in [0, 0.05) is 12.4 Å². The van der Waals surface area contributed by atoms with Gasteiger partial charge in [-0.05, 0) is 37.5 Å². The number of carbonyl (C=O) groups excluding carboxylic acids is 2. The van der Waals surface area contributed by atoms with Gasteiger partial charge in [-0.15, -0.1) is 0 Å². The van der Waals surface area contributed by atoms with Gasteiger partial charge in [-0.2, -0.15) is 5.10 Å². The molecule has 2 rings (SSSR count). The highest BCUT2D eigenvalue weighted by Crippen LogP contribution is 2.21. The van der Waals surface area contributed by atoms with Gasteiger partial charge in [0.05, 0.1) is 18.8 Å². The van der Waals surface area contributed by atoms with Gasteiger partial charge in [-0.1, -0.05) is 25.1 Å². The van der Waals surface area contributed by atoms with Crippen molar-refractivity contribution in [2.24, 2.45) is 0 Å². The summed E-state index contributed by atoms with van der Waals surface area (Å²) >= 11 is 0. The second kappa shape index (κ2) is 8.86. The Kier molecular flexibility index (Phi) is 6.56. The van der Waals surface area contributed by atoms with Crippen LogP contribution in [0, 0.1) is 6.92 Å². The summed E-state index contributed by atoms with van der Waals surface area (Å²) in [5.41, 5.74) is 2.63. The van der Waals surface area contributed by atoms with Crippen molar-refractivity contribution in [3.05, 3.63) is 47.8 Å². The van der Waals surface area contributed by atoms with Gasteiger partial charge in [-0.25, -0.2) is 9.59 Å². The molecule has 1 atom stereocenters. The Bertz CT molecular complexity index is 713. The fourth-order valence-corrected chi connectivity index (χ4v) is 2.44. The molecule has 1 unspecified atom stereocenters. The summed E-state index contributed by atoms with van der Waals surface area (Å²) < 4.78 is 11.8. The predicted octanol–water partition coefficient (Wildman–Crippen LogP) is 2.93. The fourth-order valence-electron chi connectivity index (χ4n) is 2.44. The maximum absolute atomic E-state index is 12.3. The van der Waals surface area contributed by atoms with E-state index < -0.39 is 18.2 Å². The molecule has 25 heavy (non-hydrogen) atoms. The predicted molar refractivity (Wildman–Crippen MR) is 93.3 cm³/mol. The van der Waals surface area contributed by atoms with E-state index >= 15 is 0 Å². The molecule has 0 radical (unpaired) electrons. The van der Waals surface area contributed by atoms with Crippen LogP contribution in [-0.4, -0.2) is 34.6 Å². The summed E-state index contributed by atoms with van der Waals surface area (Å²) in [6, 6.07) is 7.50. The number of para-hydroxylation sites is 1. The molecular formula is C18H23N3O4. The third-order valence-corrected chi connectivity index (χ3v) is 3.68. The lowest BCUT2D eigenvalue weighted by molar-refractivity contribution is -0.153. The van der Waals surface area contributed by atoms with Crippen molar-refractivity contribution in [3.8, 4) is 0 Å². The summed E-state index contributed by atoms with van der Waals surface area (Å²) in [6.07, 6.45) is 2.27. The number of esters is 1. The number of carbonyl (C=O) groups is 2. The van der Waals surface area contributed by atoms with Gasteiger partial charge in [-0.3, -0.25) is 10.00 Å². The molecule has 0 aliphatic heterocycles. The van der Waals surface area contributed by atoms with E-state index in [1.165, 1.54) is 4.68 Å². The molecular weight excluding hydrogens is 322 g/mol. The zero-order valence-electron chi connectivity index (χ0n) is 14.7. The Morgan fingerprint density at radius 1 is 1.28 bits per heavy atom. The van der Waals surface area contributed by atoms with E-state index in [0.717, 1.165) is 17.5 Å². The number of rotatable bonds is 7. The third-order valence-electron chi connectivity index (χ3n) is 3.68. The summed E-state index contributed by atoms with van der Waals surface area (Å²) in [4.78, 5) is 24.4. The SMILES string of the molecule is CCOC(=O)C(Cn1cccn1)OC(=O)Nc1c(C)cccc1CC. The van der Waals surface area contributed by atoms with Crippen LogP contribution < -0.4 is 5.32 Å². The summed E-state index contributed by atoms with van der Waals surface area (Å²) in [7, 11) is 0. The van der Waals surface area contributed by atoms with E-state index in [0.29, 0.717) is 5.69 Å². The first-order valence-corrected chi connectivity index (χ1v) is 8.25. The maximum Gasteiger partial charge on any atom is 0.412 e. The van der Waals surface area contributed by atoms with E-state index in [1.54, 1.807) is 25.4 Å². The van der Waals surface area contributed by atoms with Crippen LogP contribution in [0.3, 0.4) is 0 Å². The number of ether oxygens (including phenoxy) is 2. The van der Waals surface area contributed by atoms with Crippen molar-refractivity contribution in [3.63, 3.8) is 0 Å². The van der Waals surface area contributed by atoms with Crippen molar-refractivity contribution < 1.29 is 19.1 Å². The van der Waals surface area contributed by atoms with Crippen molar-refractivity contribution in [2.45, 2.75) is 39.8 Å². The molecule has 0 spiro atoms. The van der Waals surface area contributed by atoms with Crippen molar-refractivity contribution in [1.29, 1.82) is 0 Å². The lowest BCUT2D eigenvalue weighted by atomic mass is 10.1. The highest BCUT2D eigenvalue weighted by molar-refractivity contribution is 5.89. The minimum atomic E-state index is -1.08. The van der Waals surface area contributed by atoms with Gasteiger partial charge in [0.2, 0.25) is 6.10 Å². The Balaban J connectivity index is 2.10. The van der Waals surface area contributed by atoms with Gasteiger partial charge in [0.1, 0.15) is 0 Å². The quantitative estimate of drug-likeness (QED) is 0.780. The molecule has 0 saturated heterocycles. The molecule has 0 saturated carbocycles. The number of nitrogens with zero attached hydrogens (tertiary/aromatic N) is 2. The lowest BCUT2D eigenvalue weighted by Crippen LogP contribution is -2.35. The molecule has 0 fully saturated rings. The first kappa shape index (κ1) is 18.5. The standard InChI is InChI=1S/C18H23N3O4/c1-4-14-9-6-8-13(3)16(14)20-18(23)25-15(17(22)24-5-2)12-21-11-7-10-19-21/h6-11,15H,4-5,12H2,1-3H3,(H,20,23). The van der Waals surface area contributed by atoms with Crippen LogP contribution in [0.5, 0.6) is 0 Å². The number of anilines is 1. The fraction of sp³-hybridized carbons (Fsp3) is 0.389. The Morgan fingerprint density at radius 2 is 2.08 bits per heavy atom. The lowest BCUT2D eigenvalue weighted by Gasteiger charge is -2.18. The molecule has 0 aliphatic carbocycles. The van der Waals surface area contributed by atoms with E-state index in [2.05, 4.69) is 10.4 Å². The number of aromatic nitrogens is 2. The third kappa shape index (κ3) is 5.07. The summed E-state index contributed by atoms with van der Waals surface area (Å²) in [5, 5.41) is 6.77. The second-order valence-corrected chi connectivity index (χ2v) is 5.46. The molecule has 1 aromatic carbocycles. The number of nitrogens with one attached hydrogen (secondary N) is 1. The summed E-state index contributed by atoms with van der Waals surface area (Å²) in [6.45, 7) is 5.90. The molecule has 7 nitrogen and oxygen atoms in total. The number of aryl methyl sites for hydroxylation is 2. The molecule has 0 bridgehead atoms. The molecule has 1 heterocycles. The smallest absolute Gasteiger partial charge is 0.412 e. The zero-order valence-corrected chi connectivity index (χ0v) is 14.7. The van der Waals surface area contributed by atoms with E-state index in [-0.39, 0.29) is 13.2 Å². The second-order valence-electron chi connectivity index (χ2n) is 5.46. The number of hydrogen-bond donors (Lipinski definition) is 1. The monoisotopic (exact) mass is 345 g/mol. The Morgan fingerprint density at radius 3 is 2.72 bits per heavy atom. The molecule has 0 aliphatic rings. The molecule has 2 aromatic rings. The van der Waals surface area contributed by atoms with Crippen LogP contribution in [0.15, 0.2) is 36.7 Å². The van der Waals surface area contributed by atoms with Crippen molar-refractivity contribution in [2.75, 3.05) is 11.9 Å².